The number of methoxy groups -OCH3 is 1. The fourth-order valence-corrected chi connectivity index (χ4v) is 3.55. The molecule has 16 heavy (non-hydrogen) atoms. The molecule has 2 rings (SSSR count). The molecule has 0 saturated heterocycles. The lowest BCUT2D eigenvalue weighted by Gasteiger charge is -2.36. The van der Waals surface area contributed by atoms with Crippen LogP contribution < -0.4 is 0 Å². The second-order valence-corrected chi connectivity index (χ2v) is 5.79. The molecule has 0 spiro atoms. The maximum atomic E-state index is 5.44. The van der Waals surface area contributed by atoms with Crippen LogP contribution in [0.15, 0.2) is 0 Å². The maximum Gasteiger partial charge on any atom is 0.0571 e. The van der Waals surface area contributed by atoms with Crippen LogP contribution in [0.5, 0.6) is 0 Å². The number of ether oxygens (including phenoxy) is 1. The molecule has 0 unspecified atom stereocenters. The Kier molecular flexibility index (Phi) is 5.82. The van der Waals surface area contributed by atoms with Crippen molar-refractivity contribution in [1.29, 1.82) is 0 Å². The Labute approximate surface area is 105 Å². The van der Waals surface area contributed by atoms with E-state index in [4.69, 9.17) is 4.74 Å². The molecule has 100 valence electrons. The topological polar surface area (TPSA) is 9.23 Å². The lowest BCUT2D eigenvalue weighted by molar-refractivity contribution is 0.0399. The molecule has 0 aromatic carbocycles. The summed E-state index contributed by atoms with van der Waals surface area (Å²) in [5.74, 6) is 3.08. The van der Waals surface area contributed by atoms with Gasteiger partial charge in [0.25, 0.3) is 0 Å². The molecule has 2 saturated carbocycles. The lowest BCUT2D eigenvalue weighted by atomic mass is 9.71. The van der Waals surface area contributed by atoms with Crippen molar-refractivity contribution in [2.75, 3.05) is 7.11 Å². The van der Waals surface area contributed by atoms with Crippen LogP contribution in [-0.4, -0.2) is 13.2 Å². The summed E-state index contributed by atoms with van der Waals surface area (Å²) in [5, 5.41) is 0. The van der Waals surface area contributed by atoms with E-state index in [2.05, 4.69) is 6.92 Å². The van der Waals surface area contributed by atoms with E-state index in [0.29, 0.717) is 6.10 Å². The maximum absolute atomic E-state index is 5.44. The molecule has 0 radical (unpaired) electrons. The highest BCUT2D eigenvalue weighted by atomic mass is 16.5. The van der Waals surface area contributed by atoms with Crippen molar-refractivity contribution in [2.24, 2.45) is 17.8 Å². The van der Waals surface area contributed by atoms with E-state index < -0.39 is 0 Å². The SMILES string of the molecule is C.COC1CCC(C2CCC(C)CC2)CC1.[HH].[HH]. The average Bonchev–Trinajstić information content (AvgIpc) is 2.30. The van der Waals surface area contributed by atoms with Gasteiger partial charge in [-0.15, -0.1) is 0 Å². The minimum absolute atomic E-state index is 0. The molecule has 1 heteroatoms. The second kappa shape index (κ2) is 6.64. The van der Waals surface area contributed by atoms with Crippen molar-refractivity contribution in [2.45, 2.75) is 71.8 Å². The number of hydrogen-bond acceptors (Lipinski definition) is 1. The molecular formula is C15H34O. The fourth-order valence-electron chi connectivity index (χ4n) is 3.55. The first-order chi connectivity index (χ1) is 7.29. The van der Waals surface area contributed by atoms with Crippen LogP contribution in [0, 0.1) is 17.8 Å². The summed E-state index contributed by atoms with van der Waals surface area (Å²) < 4.78 is 5.44. The van der Waals surface area contributed by atoms with Crippen molar-refractivity contribution in [3.63, 3.8) is 0 Å². The third-order valence-electron chi connectivity index (χ3n) is 4.78. The van der Waals surface area contributed by atoms with E-state index in [9.17, 15) is 0 Å². The van der Waals surface area contributed by atoms with Gasteiger partial charge in [0.15, 0.2) is 0 Å². The van der Waals surface area contributed by atoms with E-state index in [1.54, 1.807) is 0 Å². The summed E-state index contributed by atoms with van der Waals surface area (Å²) in [4.78, 5) is 0. The summed E-state index contributed by atoms with van der Waals surface area (Å²) in [6, 6.07) is 0. The van der Waals surface area contributed by atoms with Crippen molar-refractivity contribution >= 4 is 0 Å². The third kappa shape index (κ3) is 3.48. The van der Waals surface area contributed by atoms with Gasteiger partial charge in [0.1, 0.15) is 0 Å². The summed E-state index contributed by atoms with van der Waals surface area (Å²) in [6.07, 6.45) is 12.0. The molecule has 0 N–H and O–H groups in total. The fraction of sp³-hybridized carbons (Fsp3) is 1.00. The molecule has 0 aromatic heterocycles. The van der Waals surface area contributed by atoms with Crippen molar-refractivity contribution in [1.82, 2.24) is 0 Å². The third-order valence-corrected chi connectivity index (χ3v) is 4.78. The first kappa shape index (κ1) is 14.0. The predicted octanol–water partition coefficient (Wildman–Crippen LogP) is 5.15. The van der Waals surface area contributed by atoms with Gasteiger partial charge < -0.3 is 4.74 Å². The Morgan fingerprint density at radius 2 is 1.25 bits per heavy atom. The standard InChI is InChI=1S/C14H26O.CH4.2H2/c1-11-3-5-12(6-4-11)13-7-9-14(15-2)10-8-13;;;/h11-14H,3-10H2,1-2H3;1H4;2*1H. The first-order valence-corrected chi connectivity index (χ1v) is 6.82. The van der Waals surface area contributed by atoms with Crippen molar-refractivity contribution in [3.8, 4) is 0 Å². The van der Waals surface area contributed by atoms with E-state index >= 15 is 0 Å². The molecule has 0 bridgehead atoms. The largest absolute Gasteiger partial charge is 0.381 e. The Balaban J connectivity index is 0. The predicted molar refractivity (Wildman–Crippen MR) is 74.8 cm³/mol. The molecule has 2 aliphatic carbocycles. The summed E-state index contributed by atoms with van der Waals surface area (Å²) in [6.45, 7) is 2.41. The average molecular weight is 230 g/mol. The van der Waals surface area contributed by atoms with Crippen molar-refractivity contribution in [3.05, 3.63) is 0 Å². The van der Waals surface area contributed by atoms with Crippen LogP contribution >= 0.6 is 0 Å². The summed E-state index contributed by atoms with van der Waals surface area (Å²) >= 11 is 0. The molecule has 0 aromatic rings. The van der Waals surface area contributed by atoms with Crippen LogP contribution in [-0.2, 0) is 4.74 Å². The minimum Gasteiger partial charge on any atom is -0.381 e. The van der Waals surface area contributed by atoms with Gasteiger partial charge in [-0.05, 0) is 56.3 Å². The number of hydrogen-bond donors (Lipinski definition) is 0. The Hall–Kier alpha value is -0.0400. The zero-order chi connectivity index (χ0) is 10.7. The second-order valence-electron chi connectivity index (χ2n) is 5.79. The van der Waals surface area contributed by atoms with Gasteiger partial charge in [-0.2, -0.15) is 0 Å². The Morgan fingerprint density at radius 1 is 0.812 bits per heavy atom. The van der Waals surface area contributed by atoms with Crippen LogP contribution in [0.1, 0.15) is 68.6 Å². The molecule has 2 fully saturated rings. The van der Waals surface area contributed by atoms with E-state index in [1.807, 2.05) is 7.11 Å². The monoisotopic (exact) mass is 230 g/mol. The van der Waals surface area contributed by atoms with Crippen LogP contribution in [0.2, 0.25) is 0 Å². The summed E-state index contributed by atoms with van der Waals surface area (Å²) in [5.41, 5.74) is 0. The van der Waals surface area contributed by atoms with Gasteiger partial charge in [0.05, 0.1) is 6.10 Å². The van der Waals surface area contributed by atoms with Gasteiger partial charge in [-0.3, -0.25) is 0 Å². The van der Waals surface area contributed by atoms with Crippen molar-refractivity contribution < 1.29 is 7.59 Å². The highest BCUT2D eigenvalue weighted by Gasteiger charge is 2.29. The molecule has 1 nitrogen and oxygen atoms in total. The van der Waals surface area contributed by atoms with E-state index in [-0.39, 0.29) is 10.3 Å². The number of rotatable bonds is 2. The Morgan fingerprint density at radius 3 is 1.69 bits per heavy atom. The molecule has 0 atom stereocenters. The van der Waals surface area contributed by atoms with Crippen LogP contribution in [0.3, 0.4) is 0 Å². The highest BCUT2D eigenvalue weighted by molar-refractivity contribution is 4.81. The molecule has 0 aliphatic heterocycles. The van der Waals surface area contributed by atoms with Gasteiger partial charge in [0, 0.05) is 9.96 Å². The molecule has 2 aliphatic rings. The van der Waals surface area contributed by atoms with Crippen LogP contribution in [0.25, 0.3) is 0 Å². The summed E-state index contributed by atoms with van der Waals surface area (Å²) in [7, 11) is 1.87. The molecule has 0 amide bonds. The quantitative estimate of drug-likeness (QED) is 0.638. The Bertz CT molecular complexity index is 183. The normalized spacial score (nSPS) is 40.1. The smallest absolute Gasteiger partial charge is 0.0571 e. The molecule has 0 heterocycles. The van der Waals surface area contributed by atoms with Gasteiger partial charge in [-0.25, -0.2) is 0 Å². The van der Waals surface area contributed by atoms with Gasteiger partial charge >= 0.3 is 0 Å². The first-order valence-electron chi connectivity index (χ1n) is 6.82. The van der Waals surface area contributed by atoms with E-state index in [0.717, 1.165) is 17.8 Å². The lowest BCUT2D eigenvalue weighted by Crippen LogP contribution is -2.27. The van der Waals surface area contributed by atoms with Gasteiger partial charge in [0.2, 0.25) is 0 Å². The minimum atomic E-state index is 0. The zero-order valence-electron chi connectivity index (χ0n) is 10.4. The van der Waals surface area contributed by atoms with Gasteiger partial charge in [-0.1, -0.05) is 27.2 Å². The van der Waals surface area contributed by atoms with Crippen LogP contribution in [0.4, 0.5) is 0 Å². The highest BCUT2D eigenvalue weighted by Crippen LogP contribution is 2.40. The zero-order valence-corrected chi connectivity index (χ0v) is 10.4. The molecular weight excluding hydrogens is 196 g/mol. The van der Waals surface area contributed by atoms with E-state index in [1.165, 1.54) is 51.4 Å².